The van der Waals surface area contributed by atoms with Crippen LogP contribution in [0.2, 0.25) is 0 Å². The number of halogens is 3. The minimum atomic E-state index is -4.46. The molecule has 1 fully saturated rings. The van der Waals surface area contributed by atoms with Crippen molar-refractivity contribution < 1.29 is 38.2 Å². The number of hydrogen-bond donors (Lipinski definition) is 2. The van der Waals surface area contributed by atoms with Crippen LogP contribution in [0.15, 0.2) is 24.3 Å². The van der Waals surface area contributed by atoms with Gasteiger partial charge in [0.05, 0.1) is 12.2 Å². The van der Waals surface area contributed by atoms with Crippen molar-refractivity contribution in [3.05, 3.63) is 35.4 Å². The molecule has 0 aromatic heterocycles. The molecule has 0 amide bonds. The van der Waals surface area contributed by atoms with Gasteiger partial charge in [-0.05, 0) is 19.1 Å². The summed E-state index contributed by atoms with van der Waals surface area (Å²) in [6, 6.07) is 3.92. The molecule has 1 aromatic rings. The van der Waals surface area contributed by atoms with Crippen molar-refractivity contribution in [1.82, 2.24) is 0 Å². The minimum Gasteiger partial charge on any atom is -0.393 e. The lowest BCUT2D eigenvalue weighted by Crippen LogP contribution is -2.33. The number of aliphatic hydroxyl groups is 1. The lowest BCUT2D eigenvalue weighted by atomic mass is 9.92. The minimum absolute atomic E-state index is 0.0850. The number of rotatable bonds is 3. The quantitative estimate of drug-likeness (QED) is 0.662. The highest BCUT2D eigenvalue weighted by Crippen LogP contribution is 2.44. The average molecular weight is 294 g/mol. The van der Waals surface area contributed by atoms with Gasteiger partial charge in [0.25, 0.3) is 5.79 Å². The van der Waals surface area contributed by atoms with Gasteiger partial charge in [-0.25, -0.2) is 10.1 Å². The fourth-order valence-corrected chi connectivity index (χ4v) is 1.96. The predicted molar refractivity (Wildman–Crippen MR) is 59.1 cm³/mol. The first-order valence-electron chi connectivity index (χ1n) is 5.73. The van der Waals surface area contributed by atoms with Crippen LogP contribution in [0.1, 0.15) is 24.5 Å². The molecule has 0 saturated carbocycles. The zero-order valence-corrected chi connectivity index (χ0v) is 10.5. The smallest absolute Gasteiger partial charge is 0.393 e. The Morgan fingerprint density at radius 2 is 1.85 bits per heavy atom. The molecule has 1 aliphatic heterocycles. The summed E-state index contributed by atoms with van der Waals surface area (Å²) in [6.07, 6.45) is -4.54. The maximum absolute atomic E-state index is 12.5. The molecule has 1 heterocycles. The van der Waals surface area contributed by atoms with Gasteiger partial charge in [-0.1, -0.05) is 12.1 Å². The first-order chi connectivity index (χ1) is 9.25. The van der Waals surface area contributed by atoms with Gasteiger partial charge in [-0.15, -0.1) is 0 Å². The number of hydrogen-bond acceptors (Lipinski definition) is 5. The van der Waals surface area contributed by atoms with E-state index >= 15 is 0 Å². The zero-order valence-electron chi connectivity index (χ0n) is 10.5. The molecule has 1 aliphatic rings. The largest absolute Gasteiger partial charge is 0.416 e. The highest BCUT2D eigenvalue weighted by molar-refractivity contribution is 5.28. The Bertz CT molecular complexity index is 475. The Morgan fingerprint density at radius 3 is 2.25 bits per heavy atom. The third kappa shape index (κ3) is 2.65. The molecule has 1 aromatic carbocycles. The zero-order chi connectivity index (χ0) is 15.0. The van der Waals surface area contributed by atoms with E-state index in [1.54, 1.807) is 0 Å². The van der Waals surface area contributed by atoms with Crippen LogP contribution in [0.3, 0.4) is 0 Å². The van der Waals surface area contributed by atoms with Crippen molar-refractivity contribution in [2.24, 2.45) is 0 Å². The number of aliphatic hydroxyl groups excluding tert-OH is 1. The van der Waals surface area contributed by atoms with E-state index in [-0.39, 0.29) is 12.0 Å². The van der Waals surface area contributed by atoms with Gasteiger partial charge in [0.1, 0.15) is 5.60 Å². The van der Waals surface area contributed by atoms with Crippen LogP contribution in [0.5, 0.6) is 0 Å². The van der Waals surface area contributed by atoms with Gasteiger partial charge in [0.15, 0.2) is 0 Å². The maximum Gasteiger partial charge on any atom is 0.416 e. The van der Waals surface area contributed by atoms with Crippen molar-refractivity contribution in [1.29, 1.82) is 0 Å². The Morgan fingerprint density at radius 1 is 1.25 bits per heavy atom. The Kier molecular flexibility index (Phi) is 3.78. The summed E-state index contributed by atoms with van der Waals surface area (Å²) in [4.78, 5) is 14.1. The van der Waals surface area contributed by atoms with Gasteiger partial charge in [-0.3, -0.25) is 0 Å². The molecular weight excluding hydrogens is 281 g/mol. The third-order valence-electron chi connectivity index (χ3n) is 3.12. The summed E-state index contributed by atoms with van der Waals surface area (Å²) in [6.45, 7) is 1.11. The third-order valence-corrected chi connectivity index (χ3v) is 3.12. The molecule has 8 heteroatoms. The summed E-state index contributed by atoms with van der Waals surface area (Å²) in [5.41, 5.74) is -1.81. The van der Waals surface area contributed by atoms with Crippen LogP contribution in [0.4, 0.5) is 13.2 Å². The fraction of sp³-hybridized carbons (Fsp3) is 0.500. The van der Waals surface area contributed by atoms with E-state index in [9.17, 15) is 13.2 Å². The van der Waals surface area contributed by atoms with E-state index in [0.29, 0.717) is 0 Å². The van der Waals surface area contributed by atoms with Gasteiger partial charge in [-0.2, -0.15) is 22.9 Å². The van der Waals surface area contributed by atoms with Gasteiger partial charge >= 0.3 is 6.18 Å². The van der Waals surface area contributed by atoms with E-state index in [4.69, 9.17) is 20.1 Å². The Labute approximate surface area is 112 Å². The average Bonchev–Trinajstić information content (AvgIpc) is 2.78. The number of benzene rings is 1. The van der Waals surface area contributed by atoms with Crippen LogP contribution in [0.25, 0.3) is 0 Å². The summed E-state index contributed by atoms with van der Waals surface area (Å²) in [5.74, 6) is -1.76. The van der Waals surface area contributed by atoms with Crippen LogP contribution < -0.4 is 0 Å². The first kappa shape index (κ1) is 15.2. The molecule has 2 rings (SSSR count). The van der Waals surface area contributed by atoms with Gasteiger partial charge in [0, 0.05) is 12.0 Å². The molecule has 112 valence electrons. The standard InChI is InChI=1S/C12H13F3O5/c1-10(7-16)6-11(18-17,20-19-10)8-2-4-9(5-3-8)12(13,14)15/h2-5,16-17H,6-7H2,1H3/t10-,11-/m1/s1. The van der Waals surface area contributed by atoms with Gasteiger partial charge in [0.2, 0.25) is 0 Å². The lowest BCUT2D eigenvalue weighted by molar-refractivity contribution is -0.480. The van der Waals surface area contributed by atoms with E-state index in [2.05, 4.69) is 4.89 Å². The molecule has 2 N–H and O–H groups in total. The van der Waals surface area contributed by atoms with Crippen LogP contribution in [-0.4, -0.2) is 22.6 Å². The molecule has 0 radical (unpaired) electrons. The second kappa shape index (κ2) is 4.97. The fourth-order valence-electron chi connectivity index (χ4n) is 1.96. The molecule has 2 atom stereocenters. The molecule has 0 unspecified atom stereocenters. The predicted octanol–water partition coefficient (Wildman–Crippen LogP) is 2.45. The second-order valence-corrected chi connectivity index (χ2v) is 4.87. The summed E-state index contributed by atoms with van der Waals surface area (Å²) in [7, 11) is 0. The Balaban J connectivity index is 2.30. The molecule has 0 bridgehead atoms. The van der Waals surface area contributed by atoms with E-state index in [0.717, 1.165) is 24.3 Å². The SMILES string of the molecule is C[C@]1(CO)C[C@](OO)(c2ccc(C(F)(F)F)cc2)OO1. The van der Waals surface area contributed by atoms with E-state index < -0.39 is 29.7 Å². The van der Waals surface area contributed by atoms with E-state index in [1.165, 1.54) is 6.92 Å². The van der Waals surface area contributed by atoms with Crippen LogP contribution >= 0.6 is 0 Å². The van der Waals surface area contributed by atoms with Crippen molar-refractivity contribution in [2.45, 2.75) is 30.9 Å². The van der Waals surface area contributed by atoms with Crippen molar-refractivity contribution in [3.8, 4) is 0 Å². The summed E-state index contributed by atoms with van der Waals surface area (Å²) in [5, 5.41) is 18.2. The Hall–Kier alpha value is -1.19. The molecule has 1 saturated heterocycles. The molecule has 5 nitrogen and oxygen atoms in total. The molecule has 0 aliphatic carbocycles. The summed E-state index contributed by atoms with van der Waals surface area (Å²) >= 11 is 0. The lowest BCUT2D eigenvalue weighted by Gasteiger charge is -2.23. The second-order valence-electron chi connectivity index (χ2n) is 4.87. The number of alkyl halides is 3. The van der Waals surface area contributed by atoms with Gasteiger partial charge < -0.3 is 5.11 Å². The van der Waals surface area contributed by atoms with Crippen molar-refractivity contribution in [2.75, 3.05) is 6.61 Å². The molecular formula is C12H13F3O5. The van der Waals surface area contributed by atoms with E-state index in [1.807, 2.05) is 0 Å². The van der Waals surface area contributed by atoms with Crippen molar-refractivity contribution >= 4 is 0 Å². The summed E-state index contributed by atoms with van der Waals surface area (Å²) < 4.78 is 37.4. The van der Waals surface area contributed by atoms with Crippen molar-refractivity contribution in [3.63, 3.8) is 0 Å². The highest BCUT2D eigenvalue weighted by atomic mass is 19.4. The molecule has 20 heavy (non-hydrogen) atoms. The van der Waals surface area contributed by atoms with Crippen LogP contribution in [-0.2, 0) is 26.6 Å². The van der Waals surface area contributed by atoms with Crippen LogP contribution in [0, 0.1) is 0 Å². The first-order valence-corrected chi connectivity index (χ1v) is 5.73. The monoisotopic (exact) mass is 294 g/mol. The maximum atomic E-state index is 12.5. The molecule has 0 spiro atoms. The highest BCUT2D eigenvalue weighted by Gasteiger charge is 2.52. The topological polar surface area (TPSA) is 68.2 Å². The normalized spacial score (nSPS) is 30.7.